The van der Waals surface area contributed by atoms with E-state index in [9.17, 15) is 4.79 Å². The van der Waals surface area contributed by atoms with E-state index in [1.807, 2.05) is 42.5 Å². The molecule has 3 aromatic rings. The van der Waals surface area contributed by atoms with Gasteiger partial charge in [-0.2, -0.15) is 0 Å². The van der Waals surface area contributed by atoms with E-state index in [-0.39, 0.29) is 11.7 Å². The number of hydrogen-bond acceptors (Lipinski definition) is 7. The van der Waals surface area contributed by atoms with E-state index in [4.69, 9.17) is 13.9 Å². The molecule has 0 bridgehead atoms. The zero-order valence-electron chi connectivity index (χ0n) is 15.6. The van der Waals surface area contributed by atoms with Gasteiger partial charge in [-0.25, -0.2) is 0 Å². The third-order valence-corrected chi connectivity index (χ3v) is 5.78. The van der Waals surface area contributed by atoms with Gasteiger partial charge in [0, 0.05) is 18.1 Å². The van der Waals surface area contributed by atoms with Gasteiger partial charge >= 0.3 is 0 Å². The third kappa shape index (κ3) is 4.73. The van der Waals surface area contributed by atoms with Crippen LogP contribution in [0.4, 0.5) is 0 Å². The lowest BCUT2D eigenvalue weighted by molar-refractivity contribution is -0.127. The first-order valence-electron chi connectivity index (χ1n) is 8.94. The highest BCUT2D eigenvalue weighted by Crippen LogP contribution is 2.31. The second kappa shape index (κ2) is 8.87. The summed E-state index contributed by atoms with van der Waals surface area (Å²) in [5, 5.41) is 8.44. The number of halogens is 1. The molecule has 7 nitrogen and oxygen atoms in total. The monoisotopic (exact) mass is 475 g/mol. The molecule has 0 N–H and O–H groups in total. The van der Waals surface area contributed by atoms with Crippen LogP contribution in [0.15, 0.2) is 56.6 Å². The van der Waals surface area contributed by atoms with Crippen LogP contribution in [0.3, 0.4) is 0 Å². The lowest BCUT2D eigenvalue weighted by Crippen LogP contribution is -2.27. The minimum Gasteiger partial charge on any atom is -0.486 e. The van der Waals surface area contributed by atoms with Crippen molar-refractivity contribution in [2.75, 3.05) is 26.0 Å². The van der Waals surface area contributed by atoms with Gasteiger partial charge in [-0.15, -0.1) is 10.2 Å². The van der Waals surface area contributed by atoms with Crippen molar-refractivity contribution >= 4 is 33.6 Å². The quantitative estimate of drug-likeness (QED) is 0.498. The SMILES string of the molecule is CN(Cc1ccc2c(c1)OCCO2)C(=O)CSc1nnc(-c2ccccc2Br)o1. The Bertz CT molecular complexity index is 1030. The third-order valence-electron chi connectivity index (χ3n) is 4.28. The second-order valence-electron chi connectivity index (χ2n) is 6.37. The van der Waals surface area contributed by atoms with Crippen LogP contribution in [0.5, 0.6) is 11.5 Å². The smallest absolute Gasteiger partial charge is 0.277 e. The van der Waals surface area contributed by atoms with Crippen LogP contribution in [0, 0.1) is 0 Å². The van der Waals surface area contributed by atoms with Crippen molar-refractivity contribution in [1.82, 2.24) is 15.1 Å². The van der Waals surface area contributed by atoms with E-state index in [0.717, 1.165) is 27.1 Å². The van der Waals surface area contributed by atoms with Crippen LogP contribution < -0.4 is 9.47 Å². The average Bonchev–Trinajstić information content (AvgIpc) is 3.21. The number of aromatic nitrogens is 2. The van der Waals surface area contributed by atoms with Crippen molar-refractivity contribution in [2.24, 2.45) is 0 Å². The highest BCUT2D eigenvalue weighted by Gasteiger charge is 2.17. The van der Waals surface area contributed by atoms with Gasteiger partial charge in [0.15, 0.2) is 11.5 Å². The van der Waals surface area contributed by atoms with Gasteiger partial charge in [0.25, 0.3) is 5.22 Å². The molecule has 1 aliphatic heterocycles. The Labute approximate surface area is 180 Å². The molecule has 0 fully saturated rings. The molecular weight excluding hydrogens is 458 g/mol. The second-order valence-corrected chi connectivity index (χ2v) is 8.15. The van der Waals surface area contributed by atoms with E-state index in [1.54, 1.807) is 11.9 Å². The fourth-order valence-electron chi connectivity index (χ4n) is 2.79. The molecule has 0 atom stereocenters. The minimum atomic E-state index is -0.0365. The molecule has 150 valence electrons. The first-order chi connectivity index (χ1) is 14.1. The molecule has 0 radical (unpaired) electrons. The number of amides is 1. The van der Waals surface area contributed by atoms with Crippen molar-refractivity contribution in [1.29, 1.82) is 0 Å². The number of carbonyl (C=O) groups is 1. The predicted octanol–water partition coefficient (Wildman–Crippen LogP) is 4.02. The summed E-state index contributed by atoms with van der Waals surface area (Å²) >= 11 is 4.69. The zero-order chi connectivity index (χ0) is 20.2. The van der Waals surface area contributed by atoms with Gasteiger partial charge in [-0.3, -0.25) is 4.79 Å². The largest absolute Gasteiger partial charge is 0.486 e. The fourth-order valence-corrected chi connectivity index (χ4v) is 3.95. The summed E-state index contributed by atoms with van der Waals surface area (Å²) in [6.07, 6.45) is 0. The van der Waals surface area contributed by atoms with Gasteiger partial charge < -0.3 is 18.8 Å². The number of benzene rings is 2. The fraction of sp³-hybridized carbons (Fsp3) is 0.250. The van der Waals surface area contributed by atoms with Crippen LogP contribution >= 0.6 is 27.7 Å². The molecule has 1 aromatic heterocycles. The molecule has 2 heterocycles. The van der Waals surface area contributed by atoms with Gasteiger partial charge in [-0.1, -0.05) is 30.0 Å². The topological polar surface area (TPSA) is 77.7 Å². The molecule has 0 saturated heterocycles. The van der Waals surface area contributed by atoms with Gasteiger partial charge in [-0.05, 0) is 45.8 Å². The summed E-state index contributed by atoms with van der Waals surface area (Å²) in [4.78, 5) is 14.1. The Morgan fingerprint density at radius 3 is 2.76 bits per heavy atom. The van der Waals surface area contributed by atoms with Crippen molar-refractivity contribution in [2.45, 2.75) is 11.8 Å². The molecule has 0 aliphatic carbocycles. The van der Waals surface area contributed by atoms with Crippen molar-refractivity contribution in [3.63, 3.8) is 0 Å². The molecule has 9 heteroatoms. The normalized spacial score (nSPS) is 12.6. The maximum absolute atomic E-state index is 12.5. The van der Waals surface area contributed by atoms with Gasteiger partial charge in [0.1, 0.15) is 13.2 Å². The van der Waals surface area contributed by atoms with E-state index >= 15 is 0 Å². The van der Waals surface area contributed by atoms with Crippen molar-refractivity contribution in [3.8, 4) is 23.0 Å². The van der Waals surface area contributed by atoms with Crippen LogP contribution in [-0.4, -0.2) is 47.0 Å². The van der Waals surface area contributed by atoms with Crippen LogP contribution in [0.2, 0.25) is 0 Å². The number of fused-ring (bicyclic) bond motifs is 1. The molecule has 2 aromatic carbocycles. The number of nitrogens with zero attached hydrogens (tertiary/aromatic N) is 3. The molecule has 1 aliphatic rings. The molecule has 29 heavy (non-hydrogen) atoms. The summed E-state index contributed by atoms with van der Waals surface area (Å²) in [6, 6.07) is 13.3. The number of ether oxygens (including phenoxy) is 2. The highest BCUT2D eigenvalue weighted by molar-refractivity contribution is 9.10. The molecular formula is C20H18BrN3O4S. The van der Waals surface area contributed by atoms with Crippen LogP contribution in [0.25, 0.3) is 11.5 Å². The van der Waals surface area contributed by atoms with Gasteiger partial charge in [0.05, 0.1) is 11.3 Å². The summed E-state index contributed by atoms with van der Waals surface area (Å²) in [7, 11) is 1.76. The van der Waals surface area contributed by atoms with E-state index in [1.165, 1.54) is 11.8 Å². The van der Waals surface area contributed by atoms with Gasteiger partial charge in [0.2, 0.25) is 11.8 Å². The highest BCUT2D eigenvalue weighted by atomic mass is 79.9. The van der Waals surface area contributed by atoms with E-state index < -0.39 is 0 Å². The average molecular weight is 476 g/mol. The van der Waals surface area contributed by atoms with E-state index in [2.05, 4.69) is 26.1 Å². The maximum Gasteiger partial charge on any atom is 0.277 e. The predicted molar refractivity (Wildman–Crippen MR) is 112 cm³/mol. The first-order valence-corrected chi connectivity index (χ1v) is 10.7. The Morgan fingerprint density at radius 2 is 1.93 bits per heavy atom. The number of carbonyl (C=O) groups excluding carboxylic acids is 1. The Morgan fingerprint density at radius 1 is 1.14 bits per heavy atom. The summed E-state index contributed by atoms with van der Waals surface area (Å²) in [6.45, 7) is 1.57. The summed E-state index contributed by atoms with van der Waals surface area (Å²) < 4.78 is 17.7. The lowest BCUT2D eigenvalue weighted by Gasteiger charge is -2.21. The number of rotatable bonds is 6. The Hall–Kier alpha value is -2.52. The van der Waals surface area contributed by atoms with E-state index in [0.29, 0.717) is 30.9 Å². The maximum atomic E-state index is 12.5. The number of thioether (sulfide) groups is 1. The molecule has 0 unspecified atom stereocenters. The Kier molecular flexibility index (Phi) is 6.05. The van der Waals surface area contributed by atoms with Crippen LogP contribution in [-0.2, 0) is 11.3 Å². The Balaban J connectivity index is 1.33. The number of hydrogen-bond donors (Lipinski definition) is 0. The lowest BCUT2D eigenvalue weighted by atomic mass is 10.2. The summed E-state index contributed by atoms with van der Waals surface area (Å²) in [5.74, 6) is 2.04. The first kappa shape index (κ1) is 19.8. The molecule has 4 rings (SSSR count). The standard InChI is InChI=1S/C20H18BrN3O4S/c1-24(11-13-6-7-16-17(10-13)27-9-8-26-16)18(25)12-29-20-23-22-19(28-20)14-4-2-3-5-15(14)21/h2-7,10H,8-9,11-12H2,1H3. The molecule has 0 spiro atoms. The summed E-state index contributed by atoms with van der Waals surface area (Å²) in [5.41, 5.74) is 1.79. The molecule has 1 amide bonds. The van der Waals surface area contributed by atoms with Crippen molar-refractivity contribution in [3.05, 3.63) is 52.5 Å². The van der Waals surface area contributed by atoms with Crippen molar-refractivity contribution < 1.29 is 18.7 Å². The van der Waals surface area contributed by atoms with Crippen LogP contribution in [0.1, 0.15) is 5.56 Å². The zero-order valence-corrected chi connectivity index (χ0v) is 18.0. The minimum absolute atomic E-state index is 0.0365. The molecule has 0 saturated carbocycles.